The van der Waals surface area contributed by atoms with Crippen LogP contribution in [0.2, 0.25) is 0 Å². The van der Waals surface area contributed by atoms with Crippen molar-refractivity contribution in [2.24, 2.45) is 0 Å². The Bertz CT molecular complexity index is 747. The molecule has 0 aromatic carbocycles. The van der Waals surface area contributed by atoms with Crippen LogP contribution < -0.4 is 5.32 Å². The van der Waals surface area contributed by atoms with Crippen molar-refractivity contribution in [1.82, 2.24) is 14.8 Å². The Morgan fingerprint density at radius 2 is 2.24 bits per heavy atom. The van der Waals surface area contributed by atoms with Gasteiger partial charge in [-0.25, -0.2) is 4.68 Å². The van der Waals surface area contributed by atoms with E-state index in [1.165, 1.54) is 28.9 Å². The molecule has 2 aromatic rings. The molecule has 4 rings (SSSR count). The van der Waals surface area contributed by atoms with Crippen molar-refractivity contribution in [3.63, 3.8) is 0 Å². The van der Waals surface area contributed by atoms with Gasteiger partial charge in [0.05, 0.1) is 4.92 Å². The number of nitrogens with one attached hydrogen (secondary N) is 1. The van der Waals surface area contributed by atoms with Crippen LogP contribution >= 0.6 is 11.3 Å². The third-order valence-electron chi connectivity index (χ3n) is 3.98. The van der Waals surface area contributed by atoms with Gasteiger partial charge < -0.3 is 5.32 Å². The van der Waals surface area contributed by atoms with Crippen LogP contribution in [-0.4, -0.2) is 19.7 Å². The lowest BCUT2D eigenvalue weighted by molar-refractivity contribution is -0.380. The van der Waals surface area contributed by atoms with Crippen molar-refractivity contribution in [3.05, 3.63) is 44.7 Å². The van der Waals surface area contributed by atoms with Gasteiger partial charge in [0.15, 0.2) is 0 Å². The summed E-state index contributed by atoms with van der Waals surface area (Å²) in [4.78, 5) is 15.8. The van der Waals surface area contributed by atoms with Crippen LogP contribution in [-0.2, 0) is 0 Å². The normalized spacial score (nSPS) is 20.7. The minimum Gasteiger partial charge on any atom is -0.328 e. The molecule has 21 heavy (non-hydrogen) atoms. The summed E-state index contributed by atoms with van der Waals surface area (Å²) in [6.45, 7) is 0. The van der Waals surface area contributed by atoms with E-state index >= 15 is 0 Å². The predicted octanol–water partition coefficient (Wildman–Crippen LogP) is 3.09. The first-order valence-electron chi connectivity index (χ1n) is 6.86. The summed E-state index contributed by atoms with van der Waals surface area (Å²) < 4.78 is 1.83. The highest BCUT2D eigenvalue weighted by Crippen LogP contribution is 2.43. The van der Waals surface area contributed by atoms with Crippen LogP contribution in [0.1, 0.15) is 36.6 Å². The van der Waals surface area contributed by atoms with E-state index in [1.807, 2.05) is 10.7 Å². The lowest BCUT2D eigenvalue weighted by atomic mass is 9.89. The SMILES string of the molecule is O=[N+]([O-])c1ccc(C2C3=C(CCCC3)Nc3ncnn32)s1. The van der Waals surface area contributed by atoms with Crippen molar-refractivity contribution in [2.75, 3.05) is 5.32 Å². The van der Waals surface area contributed by atoms with Gasteiger partial charge in [0, 0.05) is 16.6 Å². The molecule has 0 saturated heterocycles. The van der Waals surface area contributed by atoms with Gasteiger partial charge in [-0.05, 0) is 37.3 Å². The summed E-state index contributed by atoms with van der Waals surface area (Å²) in [7, 11) is 0. The van der Waals surface area contributed by atoms with Gasteiger partial charge in [-0.2, -0.15) is 10.1 Å². The molecule has 0 amide bonds. The highest BCUT2D eigenvalue weighted by molar-refractivity contribution is 7.15. The summed E-state index contributed by atoms with van der Waals surface area (Å²) in [5.41, 5.74) is 2.50. The van der Waals surface area contributed by atoms with Gasteiger partial charge in [0.1, 0.15) is 12.4 Å². The van der Waals surface area contributed by atoms with Crippen molar-refractivity contribution in [3.8, 4) is 0 Å². The summed E-state index contributed by atoms with van der Waals surface area (Å²) in [6.07, 6.45) is 5.84. The van der Waals surface area contributed by atoms with Crippen molar-refractivity contribution < 1.29 is 4.92 Å². The molecule has 1 atom stereocenters. The van der Waals surface area contributed by atoms with Crippen molar-refractivity contribution in [2.45, 2.75) is 31.7 Å². The predicted molar refractivity (Wildman–Crippen MR) is 78.3 cm³/mol. The first kappa shape index (κ1) is 12.5. The monoisotopic (exact) mass is 303 g/mol. The van der Waals surface area contributed by atoms with E-state index in [-0.39, 0.29) is 16.0 Å². The lowest BCUT2D eigenvalue weighted by Crippen LogP contribution is -2.26. The Morgan fingerprint density at radius 3 is 3.05 bits per heavy atom. The maximum absolute atomic E-state index is 10.9. The number of hydrogen-bond acceptors (Lipinski definition) is 6. The van der Waals surface area contributed by atoms with Crippen LogP contribution in [0, 0.1) is 10.1 Å². The molecule has 3 heterocycles. The Labute approximate surface area is 124 Å². The minimum absolute atomic E-state index is 0.0576. The molecule has 1 aliphatic carbocycles. The van der Waals surface area contributed by atoms with E-state index in [9.17, 15) is 10.1 Å². The first-order chi connectivity index (χ1) is 10.2. The Kier molecular flexibility index (Phi) is 2.78. The Balaban J connectivity index is 1.84. The van der Waals surface area contributed by atoms with Crippen LogP contribution in [0.15, 0.2) is 29.7 Å². The quantitative estimate of drug-likeness (QED) is 0.680. The maximum Gasteiger partial charge on any atom is 0.324 e. The number of allylic oxidation sites excluding steroid dienone is 2. The summed E-state index contributed by atoms with van der Waals surface area (Å²) in [5, 5.41) is 18.8. The van der Waals surface area contributed by atoms with Gasteiger partial charge >= 0.3 is 5.00 Å². The van der Waals surface area contributed by atoms with Gasteiger partial charge in [-0.3, -0.25) is 10.1 Å². The molecule has 2 aromatic heterocycles. The van der Waals surface area contributed by atoms with Gasteiger partial charge in [-0.15, -0.1) is 0 Å². The molecule has 0 spiro atoms. The molecule has 0 radical (unpaired) electrons. The summed E-state index contributed by atoms with van der Waals surface area (Å²) >= 11 is 1.22. The van der Waals surface area contributed by atoms with E-state index in [1.54, 1.807) is 6.07 Å². The van der Waals surface area contributed by atoms with Gasteiger partial charge in [-0.1, -0.05) is 11.3 Å². The molecular weight excluding hydrogens is 290 g/mol. The zero-order valence-corrected chi connectivity index (χ0v) is 12.0. The molecule has 1 unspecified atom stereocenters. The van der Waals surface area contributed by atoms with Crippen molar-refractivity contribution >= 4 is 22.3 Å². The lowest BCUT2D eigenvalue weighted by Gasteiger charge is -2.32. The maximum atomic E-state index is 10.9. The number of hydrogen-bond donors (Lipinski definition) is 1. The summed E-state index contributed by atoms with van der Waals surface area (Å²) in [6, 6.07) is 3.35. The fourth-order valence-corrected chi connectivity index (χ4v) is 4.01. The number of nitrogens with zero attached hydrogens (tertiary/aromatic N) is 4. The van der Waals surface area contributed by atoms with Crippen LogP contribution in [0.4, 0.5) is 10.9 Å². The second-order valence-corrected chi connectivity index (χ2v) is 6.29. The van der Waals surface area contributed by atoms with E-state index in [2.05, 4.69) is 15.4 Å². The fourth-order valence-electron chi connectivity index (χ4n) is 3.06. The molecule has 2 aliphatic rings. The number of thiophene rings is 1. The van der Waals surface area contributed by atoms with E-state index in [0.29, 0.717) is 0 Å². The third kappa shape index (κ3) is 1.94. The van der Waals surface area contributed by atoms with E-state index < -0.39 is 0 Å². The molecule has 1 N–H and O–H groups in total. The largest absolute Gasteiger partial charge is 0.328 e. The number of nitro groups is 1. The first-order valence-corrected chi connectivity index (χ1v) is 7.68. The molecule has 7 nitrogen and oxygen atoms in total. The standard InChI is InChI=1S/C13H13N5O2S/c19-18(20)11-6-5-10(21-11)12-8-3-1-2-4-9(8)16-13-14-7-15-17(12)13/h5-7,12H,1-4H2,(H,14,15,16). The number of fused-ring (bicyclic) bond motifs is 1. The minimum atomic E-state index is -0.340. The number of rotatable bonds is 2. The molecule has 0 bridgehead atoms. The van der Waals surface area contributed by atoms with E-state index in [0.717, 1.165) is 36.5 Å². The molecule has 108 valence electrons. The zero-order valence-electron chi connectivity index (χ0n) is 11.2. The highest BCUT2D eigenvalue weighted by atomic mass is 32.1. The second-order valence-electron chi connectivity index (χ2n) is 5.20. The number of aromatic nitrogens is 3. The smallest absolute Gasteiger partial charge is 0.324 e. The Hall–Kier alpha value is -2.22. The average Bonchev–Trinajstić information content (AvgIpc) is 3.13. The fraction of sp³-hybridized carbons (Fsp3) is 0.385. The third-order valence-corrected chi connectivity index (χ3v) is 5.07. The van der Waals surface area contributed by atoms with Gasteiger partial charge in [0.25, 0.3) is 0 Å². The Morgan fingerprint density at radius 1 is 1.38 bits per heavy atom. The zero-order chi connectivity index (χ0) is 14.4. The van der Waals surface area contributed by atoms with E-state index in [4.69, 9.17) is 0 Å². The number of anilines is 1. The molecule has 0 fully saturated rings. The highest BCUT2D eigenvalue weighted by Gasteiger charge is 2.33. The average molecular weight is 303 g/mol. The van der Waals surface area contributed by atoms with Crippen molar-refractivity contribution in [1.29, 1.82) is 0 Å². The second kappa shape index (κ2) is 4.66. The molecular formula is C13H13N5O2S. The molecule has 0 saturated carbocycles. The molecule has 8 heteroatoms. The topological polar surface area (TPSA) is 85.9 Å². The van der Waals surface area contributed by atoms with Crippen LogP contribution in [0.25, 0.3) is 0 Å². The van der Waals surface area contributed by atoms with Crippen LogP contribution in [0.3, 0.4) is 0 Å². The van der Waals surface area contributed by atoms with Gasteiger partial charge in [0.2, 0.25) is 5.95 Å². The molecule has 1 aliphatic heterocycles. The summed E-state index contributed by atoms with van der Waals surface area (Å²) in [5.74, 6) is 0.719. The van der Waals surface area contributed by atoms with Crippen LogP contribution in [0.5, 0.6) is 0 Å².